The molecule has 0 unspecified atom stereocenters. The molecule has 7 heteroatoms. The third kappa shape index (κ3) is 2.89. The zero-order valence-corrected chi connectivity index (χ0v) is 12.9. The van der Waals surface area contributed by atoms with Crippen molar-refractivity contribution in [3.8, 4) is 0 Å². The number of rotatable bonds is 4. The summed E-state index contributed by atoms with van der Waals surface area (Å²) >= 11 is 0. The zero-order chi connectivity index (χ0) is 15.5. The number of hydrogen-bond acceptors (Lipinski definition) is 5. The molecule has 7 nitrogen and oxygen atoms in total. The van der Waals surface area contributed by atoms with E-state index in [2.05, 4.69) is 10.1 Å². The fraction of sp³-hybridized carbons (Fsp3) is 0.533. The third-order valence-corrected chi connectivity index (χ3v) is 3.98. The molecule has 1 saturated heterocycles. The van der Waals surface area contributed by atoms with Gasteiger partial charge in [-0.3, -0.25) is 4.79 Å². The number of aryl methyl sites for hydroxylation is 1. The van der Waals surface area contributed by atoms with Crippen LogP contribution in [0, 0.1) is 6.92 Å². The SMILES string of the molecule is COCc1cc(C(=O)N2CCC[C@H](n3cncn3)C2)c(C)o1. The number of carbonyl (C=O) groups is 1. The van der Waals surface area contributed by atoms with Gasteiger partial charge in [0.2, 0.25) is 0 Å². The van der Waals surface area contributed by atoms with Gasteiger partial charge in [-0.15, -0.1) is 0 Å². The molecule has 2 aromatic heterocycles. The normalized spacial score (nSPS) is 18.6. The van der Waals surface area contributed by atoms with Crippen LogP contribution in [0.1, 0.15) is 40.8 Å². The molecule has 0 aliphatic carbocycles. The Morgan fingerprint density at radius 1 is 1.55 bits per heavy atom. The highest BCUT2D eigenvalue weighted by Crippen LogP contribution is 2.24. The Hall–Kier alpha value is -2.15. The van der Waals surface area contributed by atoms with Crippen LogP contribution in [0.5, 0.6) is 0 Å². The molecule has 1 fully saturated rings. The Morgan fingerprint density at radius 2 is 2.41 bits per heavy atom. The van der Waals surface area contributed by atoms with Crippen LogP contribution in [0.3, 0.4) is 0 Å². The van der Waals surface area contributed by atoms with Gasteiger partial charge in [-0.25, -0.2) is 9.67 Å². The summed E-state index contributed by atoms with van der Waals surface area (Å²) in [5.41, 5.74) is 0.617. The van der Waals surface area contributed by atoms with Crippen molar-refractivity contribution in [2.24, 2.45) is 0 Å². The Morgan fingerprint density at radius 3 is 3.14 bits per heavy atom. The van der Waals surface area contributed by atoms with Crippen molar-refractivity contribution in [3.63, 3.8) is 0 Å². The van der Waals surface area contributed by atoms with E-state index in [0.29, 0.717) is 30.2 Å². The summed E-state index contributed by atoms with van der Waals surface area (Å²) in [5, 5.41) is 4.18. The van der Waals surface area contributed by atoms with Crippen molar-refractivity contribution in [2.45, 2.75) is 32.4 Å². The van der Waals surface area contributed by atoms with Crippen molar-refractivity contribution in [1.82, 2.24) is 19.7 Å². The molecule has 22 heavy (non-hydrogen) atoms. The average Bonchev–Trinajstić information content (AvgIpc) is 3.17. The number of amides is 1. The topological polar surface area (TPSA) is 73.4 Å². The Bertz CT molecular complexity index is 635. The minimum atomic E-state index is 0.00779. The molecular formula is C15H20N4O3. The maximum atomic E-state index is 12.7. The molecule has 0 bridgehead atoms. The average molecular weight is 304 g/mol. The highest BCUT2D eigenvalue weighted by Gasteiger charge is 2.28. The zero-order valence-electron chi connectivity index (χ0n) is 12.9. The first-order valence-corrected chi connectivity index (χ1v) is 7.40. The summed E-state index contributed by atoms with van der Waals surface area (Å²) in [6, 6.07) is 1.96. The molecule has 1 aliphatic rings. The number of aromatic nitrogens is 3. The van der Waals surface area contributed by atoms with Gasteiger partial charge >= 0.3 is 0 Å². The van der Waals surface area contributed by atoms with Crippen LogP contribution in [-0.4, -0.2) is 45.8 Å². The molecule has 0 aromatic carbocycles. The van der Waals surface area contributed by atoms with E-state index in [0.717, 1.165) is 19.4 Å². The smallest absolute Gasteiger partial charge is 0.257 e. The van der Waals surface area contributed by atoms with E-state index in [9.17, 15) is 4.79 Å². The van der Waals surface area contributed by atoms with Crippen LogP contribution in [0.25, 0.3) is 0 Å². The van der Waals surface area contributed by atoms with Crippen LogP contribution in [0.2, 0.25) is 0 Å². The van der Waals surface area contributed by atoms with Crippen molar-refractivity contribution in [1.29, 1.82) is 0 Å². The number of hydrogen-bond donors (Lipinski definition) is 0. The van der Waals surface area contributed by atoms with Crippen molar-refractivity contribution in [2.75, 3.05) is 20.2 Å². The van der Waals surface area contributed by atoms with E-state index in [-0.39, 0.29) is 11.9 Å². The quantitative estimate of drug-likeness (QED) is 0.861. The highest BCUT2D eigenvalue weighted by molar-refractivity contribution is 5.95. The molecular weight excluding hydrogens is 284 g/mol. The first-order chi connectivity index (χ1) is 10.7. The van der Waals surface area contributed by atoms with Crippen LogP contribution < -0.4 is 0 Å². The van der Waals surface area contributed by atoms with Gasteiger partial charge < -0.3 is 14.1 Å². The molecule has 3 rings (SSSR count). The minimum Gasteiger partial charge on any atom is -0.463 e. The summed E-state index contributed by atoms with van der Waals surface area (Å²) in [7, 11) is 1.60. The summed E-state index contributed by atoms with van der Waals surface area (Å²) in [6.45, 7) is 3.58. The first kappa shape index (κ1) is 14.8. The Labute approximate surface area is 128 Å². The lowest BCUT2D eigenvalue weighted by atomic mass is 10.0. The van der Waals surface area contributed by atoms with E-state index in [1.54, 1.807) is 19.5 Å². The van der Waals surface area contributed by atoms with Crippen molar-refractivity contribution >= 4 is 5.91 Å². The van der Waals surface area contributed by atoms with Crippen molar-refractivity contribution < 1.29 is 13.9 Å². The highest BCUT2D eigenvalue weighted by atomic mass is 16.5. The van der Waals surface area contributed by atoms with E-state index in [1.807, 2.05) is 16.5 Å². The molecule has 0 radical (unpaired) electrons. The number of ether oxygens (including phenoxy) is 1. The van der Waals surface area contributed by atoms with Gasteiger partial charge in [0.05, 0.1) is 11.6 Å². The second-order valence-electron chi connectivity index (χ2n) is 5.54. The summed E-state index contributed by atoms with van der Waals surface area (Å²) in [6.07, 6.45) is 5.20. The largest absolute Gasteiger partial charge is 0.463 e. The van der Waals surface area contributed by atoms with Gasteiger partial charge in [-0.2, -0.15) is 5.10 Å². The number of piperidine rings is 1. The lowest BCUT2D eigenvalue weighted by molar-refractivity contribution is 0.0671. The molecule has 118 valence electrons. The second-order valence-corrected chi connectivity index (χ2v) is 5.54. The summed E-state index contributed by atoms with van der Waals surface area (Å²) < 4.78 is 12.4. The third-order valence-electron chi connectivity index (χ3n) is 3.98. The van der Waals surface area contributed by atoms with Crippen LogP contribution in [-0.2, 0) is 11.3 Å². The van der Waals surface area contributed by atoms with Crippen LogP contribution >= 0.6 is 0 Å². The first-order valence-electron chi connectivity index (χ1n) is 7.40. The Balaban J connectivity index is 1.74. The maximum Gasteiger partial charge on any atom is 0.257 e. The van der Waals surface area contributed by atoms with Gasteiger partial charge in [-0.05, 0) is 25.8 Å². The number of nitrogens with zero attached hydrogens (tertiary/aromatic N) is 4. The van der Waals surface area contributed by atoms with Gasteiger partial charge in [0.25, 0.3) is 5.91 Å². The number of carbonyl (C=O) groups excluding carboxylic acids is 1. The van der Waals surface area contributed by atoms with Gasteiger partial charge in [0.1, 0.15) is 30.8 Å². The van der Waals surface area contributed by atoms with E-state index < -0.39 is 0 Å². The molecule has 0 saturated carbocycles. The van der Waals surface area contributed by atoms with E-state index in [4.69, 9.17) is 9.15 Å². The number of likely N-dealkylation sites (tertiary alicyclic amines) is 1. The molecule has 0 spiro atoms. The second kappa shape index (κ2) is 6.31. The summed E-state index contributed by atoms with van der Waals surface area (Å²) in [5.74, 6) is 1.32. The molecule has 3 heterocycles. The predicted octanol–water partition coefficient (Wildman–Crippen LogP) is 1.80. The van der Waals surface area contributed by atoms with Crippen LogP contribution in [0.4, 0.5) is 0 Å². The minimum absolute atomic E-state index is 0.00779. The fourth-order valence-electron chi connectivity index (χ4n) is 2.90. The molecule has 1 aliphatic heterocycles. The lowest BCUT2D eigenvalue weighted by Gasteiger charge is -2.32. The predicted molar refractivity (Wildman–Crippen MR) is 78.4 cm³/mol. The monoisotopic (exact) mass is 304 g/mol. The number of furan rings is 1. The van der Waals surface area contributed by atoms with Gasteiger partial charge in [0.15, 0.2) is 0 Å². The van der Waals surface area contributed by atoms with Crippen molar-refractivity contribution in [3.05, 3.63) is 35.8 Å². The molecule has 2 aromatic rings. The number of methoxy groups -OCH3 is 1. The fourth-order valence-corrected chi connectivity index (χ4v) is 2.90. The van der Waals surface area contributed by atoms with Gasteiger partial charge in [-0.1, -0.05) is 0 Å². The van der Waals surface area contributed by atoms with Gasteiger partial charge in [0, 0.05) is 20.2 Å². The Kier molecular flexibility index (Phi) is 4.24. The molecule has 1 atom stereocenters. The standard InChI is InChI=1S/C15H20N4O3/c1-11-14(6-13(22-11)8-21-2)15(20)18-5-3-4-12(7-18)19-10-16-9-17-19/h6,9-10,12H,3-5,7-8H2,1-2H3/t12-/m0/s1. The summed E-state index contributed by atoms with van der Waals surface area (Å²) in [4.78, 5) is 18.6. The molecule has 0 N–H and O–H groups in total. The lowest BCUT2D eigenvalue weighted by Crippen LogP contribution is -2.40. The molecule has 1 amide bonds. The van der Waals surface area contributed by atoms with E-state index in [1.165, 1.54) is 6.33 Å². The maximum absolute atomic E-state index is 12.7. The van der Waals surface area contributed by atoms with E-state index >= 15 is 0 Å². The van der Waals surface area contributed by atoms with Crippen LogP contribution in [0.15, 0.2) is 23.1 Å².